The number of anilines is 1. The normalized spacial score (nSPS) is 18.1. The lowest BCUT2D eigenvalue weighted by atomic mass is 10.0. The number of H-pyrrole nitrogens is 1. The van der Waals surface area contributed by atoms with Crippen LogP contribution in [0.1, 0.15) is 18.4 Å². The van der Waals surface area contributed by atoms with Crippen molar-refractivity contribution in [3.8, 4) is 0 Å². The van der Waals surface area contributed by atoms with Crippen LogP contribution in [0, 0.1) is 10.1 Å². The van der Waals surface area contributed by atoms with Crippen LogP contribution in [0.4, 0.5) is 11.4 Å². The number of non-ortho nitro benzene ring substituents is 1. The first kappa shape index (κ1) is 16.5. The zero-order chi connectivity index (χ0) is 17.9. The molecule has 4 rings (SSSR count). The van der Waals surface area contributed by atoms with Gasteiger partial charge in [0.15, 0.2) is 0 Å². The molecule has 0 bridgehead atoms. The van der Waals surface area contributed by atoms with Crippen LogP contribution in [0.2, 0.25) is 0 Å². The van der Waals surface area contributed by atoms with Crippen LogP contribution in [0.15, 0.2) is 48.7 Å². The number of hydrogen-bond acceptors (Lipinski definition) is 5. The zero-order valence-electron chi connectivity index (χ0n) is 14.4. The molecule has 1 fully saturated rings. The first-order valence-electron chi connectivity index (χ1n) is 8.83. The number of likely N-dealkylation sites (tertiary alicyclic amines) is 1. The summed E-state index contributed by atoms with van der Waals surface area (Å²) < 4.78 is 0. The summed E-state index contributed by atoms with van der Waals surface area (Å²) in [7, 11) is 0. The molecule has 2 aromatic carbocycles. The van der Waals surface area contributed by atoms with E-state index in [1.54, 1.807) is 12.1 Å². The minimum Gasteiger partial charge on any atom is -0.381 e. The van der Waals surface area contributed by atoms with Gasteiger partial charge in [0.05, 0.1) is 16.6 Å². The first-order chi connectivity index (χ1) is 12.7. The molecule has 26 heavy (non-hydrogen) atoms. The molecule has 1 aromatic heterocycles. The van der Waals surface area contributed by atoms with Gasteiger partial charge in [-0.05, 0) is 43.1 Å². The third-order valence-electron chi connectivity index (χ3n) is 4.87. The molecule has 7 heteroatoms. The standard InChI is InChI=1S/C19H21N5O2/c25-24(26)18-6-3-14(4-7-18)12-23-9-1-2-17(13-23)21-16-5-8-19-15(10-16)11-20-22-19/h3-8,10-11,17,21H,1-2,9,12-13H2,(H,20,22). The smallest absolute Gasteiger partial charge is 0.269 e. The van der Waals surface area contributed by atoms with E-state index >= 15 is 0 Å². The van der Waals surface area contributed by atoms with Gasteiger partial charge in [-0.3, -0.25) is 20.1 Å². The predicted octanol–water partition coefficient (Wildman–Crippen LogP) is 3.55. The summed E-state index contributed by atoms with van der Waals surface area (Å²) in [6.45, 7) is 2.83. The molecule has 1 atom stereocenters. The average Bonchev–Trinajstić information content (AvgIpc) is 3.10. The molecule has 3 aromatic rings. The molecule has 0 amide bonds. The largest absolute Gasteiger partial charge is 0.381 e. The summed E-state index contributed by atoms with van der Waals surface area (Å²) in [5, 5.41) is 22.5. The van der Waals surface area contributed by atoms with Crippen LogP contribution in [0.5, 0.6) is 0 Å². The van der Waals surface area contributed by atoms with Gasteiger partial charge in [-0.2, -0.15) is 5.10 Å². The minimum absolute atomic E-state index is 0.140. The van der Waals surface area contributed by atoms with Crippen LogP contribution in [0.3, 0.4) is 0 Å². The van der Waals surface area contributed by atoms with Crippen molar-refractivity contribution in [3.63, 3.8) is 0 Å². The molecule has 134 valence electrons. The highest BCUT2D eigenvalue weighted by Crippen LogP contribution is 2.21. The number of nitro groups is 1. The Morgan fingerprint density at radius 2 is 2.12 bits per heavy atom. The second-order valence-electron chi connectivity index (χ2n) is 6.81. The van der Waals surface area contributed by atoms with Crippen LogP contribution in [-0.2, 0) is 6.54 Å². The Balaban J connectivity index is 1.38. The summed E-state index contributed by atoms with van der Waals surface area (Å²) in [5.41, 5.74) is 3.40. The number of rotatable bonds is 5. The summed E-state index contributed by atoms with van der Waals surface area (Å²) >= 11 is 0. The Morgan fingerprint density at radius 1 is 1.27 bits per heavy atom. The summed E-state index contributed by atoms with van der Waals surface area (Å²) in [4.78, 5) is 12.8. The van der Waals surface area contributed by atoms with Gasteiger partial charge in [-0.15, -0.1) is 0 Å². The lowest BCUT2D eigenvalue weighted by Crippen LogP contribution is -2.41. The van der Waals surface area contributed by atoms with Gasteiger partial charge >= 0.3 is 0 Å². The van der Waals surface area contributed by atoms with Gasteiger partial charge in [0, 0.05) is 42.3 Å². The van der Waals surface area contributed by atoms with Crippen molar-refractivity contribution in [2.45, 2.75) is 25.4 Å². The topological polar surface area (TPSA) is 87.1 Å². The van der Waals surface area contributed by atoms with Gasteiger partial charge in [0.2, 0.25) is 0 Å². The number of nitrogens with zero attached hydrogens (tertiary/aromatic N) is 3. The fourth-order valence-electron chi connectivity index (χ4n) is 3.57. The van der Waals surface area contributed by atoms with Gasteiger partial charge in [0.1, 0.15) is 0 Å². The summed E-state index contributed by atoms with van der Waals surface area (Å²) in [5.74, 6) is 0. The molecule has 1 unspecified atom stereocenters. The van der Waals surface area contributed by atoms with E-state index in [0.29, 0.717) is 6.04 Å². The van der Waals surface area contributed by atoms with Crippen molar-refractivity contribution < 1.29 is 4.92 Å². The van der Waals surface area contributed by atoms with Crippen LogP contribution >= 0.6 is 0 Å². The molecular weight excluding hydrogens is 330 g/mol. The number of aromatic nitrogens is 2. The second kappa shape index (κ2) is 7.13. The Kier molecular flexibility index (Phi) is 4.53. The molecule has 2 heterocycles. The van der Waals surface area contributed by atoms with Crippen molar-refractivity contribution in [1.82, 2.24) is 15.1 Å². The van der Waals surface area contributed by atoms with E-state index < -0.39 is 0 Å². The van der Waals surface area contributed by atoms with Gasteiger partial charge in [-0.25, -0.2) is 0 Å². The quantitative estimate of drug-likeness (QED) is 0.542. The van der Waals surface area contributed by atoms with Gasteiger partial charge < -0.3 is 5.32 Å². The minimum atomic E-state index is -0.360. The number of hydrogen-bond donors (Lipinski definition) is 2. The highest BCUT2D eigenvalue weighted by molar-refractivity contribution is 5.81. The molecule has 0 aliphatic carbocycles. The van der Waals surface area contributed by atoms with Crippen molar-refractivity contribution in [2.24, 2.45) is 0 Å². The van der Waals surface area contributed by atoms with E-state index in [1.165, 1.54) is 0 Å². The summed E-state index contributed by atoms with van der Waals surface area (Å²) in [6, 6.07) is 13.5. The van der Waals surface area contributed by atoms with Gasteiger partial charge in [0.25, 0.3) is 5.69 Å². The van der Waals surface area contributed by atoms with Crippen LogP contribution < -0.4 is 5.32 Å². The van der Waals surface area contributed by atoms with Crippen molar-refractivity contribution in [3.05, 3.63) is 64.3 Å². The van der Waals surface area contributed by atoms with Crippen LogP contribution in [-0.4, -0.2) is 39.2 Å². The van der Waals surface area contributed by atoms with Crippen molar-refractivity contribution >= 4 is 22.3 Å². The van der Waals surface area contributed by atoms with Crippen molar-refractivity contribution in [2.75, 3.05) is 18.4 Å². The Hall–Kier alpha value is -2.93. The molecule has 1 aliphatic rings. The molecule has 7 nitrogen and oxygen atoms in total. The SMILES string of the molecule is O=[N+]([O-])c1ccc(CN2CCCC(Nc3ccc4[nH]ncc4c3)C2)cc1. The number of benzene rings is 2. The number of fused-ring (bicyclic) bond motifs is 1. The van der Waals surface area contributed by atoms with Crippen LogP contribution in [0.25, 0.3) is 10.9 Å². The number of nitro benzene ring substituents is 1. The number of piperidine rings is 1. The fraction of sp³-hybridized carbons (Fsp3) is 0.316. The average molecular weight is 351 g/mol. The highest BCUT2D eigenvalue weighted by Gasteiger charge is 2.20. The maximum atomic E-state index is 10.8. The second-order valence-corrected chi connectivity index (χ2v) is 6.81. The third kappa shape index (κ3) is 3.67. The van der Waals surface area contributed by atoms with Crippen molar-refractivity contribution in [1.29, 1.82) is 0 Å². The molecule has 1 saturated heterocycles. The Morgan fingerprint density at radius 3 is 2.92 bits per heavy atom. The van der Waals surface area contributed by atoms with E-state index in [4.69, 9.17) is 0 Å². The Bertz CT molecular complexity index is 906. The van der Waals surface area contributed by atoms with E-state index in [0.717, 1.165) is 54.6 Å². The lowest BCUT2D eigenvalue weighted by Gasteiger charge is -2.33. The first-order valence-corrected chi connectivity index (χ1v) is 8.83. The lowest BCUT2D eigenvalue weighted by molar-refractivity contribution is -0.384. The highest BCUT2D eigenvalue weighted by atomic mass is 16.6. The van der Waals surface area contributed by atoms with E-state index in [2.05, 4.69) is 32.5 Å². The van der Waals surface area contributed by atoms with E-state index in [9.17, 15) is 10.1 Å². The fourth-order valence-corrected chi connectivity index (χ4v) is 3.57. The molecular formula is C19H21N5O2. The summed E-state index contributed by atoms with van der Waals surface area (Å²) in [6.07, 6.45) is 4.11. The Labute approximate surface area is 151 Å². The molecule has 1 aliphatic heterocycles. The molecule has 2 N–H and O–H groups in total. The van der Waals surface area contributed by atoms with Gasteiger partial charge in [-0.1, -0.05) is 12.1 Å². The molecule has 0 radical (unpaired) electrons. The zero-order valence-corrected chi connectivity index (χ0v) is 14.4. The van der Waals surface area contributed by atoms with E-state index in [1.807, 2.05) is 24.4 Å². The molecule has 0 saturated carbocycles. The molecule has 0 spiro atoms. The maximum absolute atomic E-state index is 10.8. The third-order valence-corrected chi connectivity index (χ3v) is 4.87. The maximum Gasteiger partial charge on any atom is 0.269 e. The number of nitrogens with one attached hydrogen (secondary N) is 2. The monoisotopic (exact) mass is 351 g/mol. The predicted molar refractivity (Wildman–Crippen MR) is 101 cm³/mol. The number of aromatic amines is 1. The van der Waals surface area contributed by atoms with E-state index in [-0.39, 0.29) is 10.6 Å².